The third kappa shape index (κ3) is 2.86. The van der Waals surface area contributed by atoms with Gasteiger partial charge in [-0.3, -0.25) is 9.78 Å². The summed E-state index contributed by atoms with van der Waals surface area (Å²) in [6.45, 7) is 0. The molecule has 6 nitrogen and oxygen atoms in total. The van der Waals surface area contributed by atoms with Gasteiger partial charge in [0.2, 0.25) is 0 Å². The average Bonchev–Trinajstić information content (AvgIpc) is 2.39. The van der Waals surface area contributed by atoms with Gasteiger partial charge in [-0.1, -0.05) is 6.07 Å². The van der Waals surface area contributed by atoms with E-state index in [1.54, 1.807) is 18.5 Å². The topological polar surface area (TPSA) is 102 Å². The highest BCUT2D eigenvalue weighted by atomic mass is 16.4. The lowest BCUT2D eigenvalue weighted by Gasteiger charge is -2.08. The molecule has 6 heteroatoms. The molecule has 3 N–H and O–H groups in total. The predicted molar refractivity (Wildman–Crippen MR) is 64.4 cm³/mol. The highest BCUT2D eigenvalue weighted by Crippen LogP contribution is 2.15. The molecule has 2 rings (SSSR count). The van der Waals surface area contributed by atoms with Gasteiger partial charge in [0, 0.05) is 12.4 Å². The first kappa shape index (κ1) is 12.1. The second-order valence-corrected chi connectivity index (χ2v) is 3.72. The molecule has 1 unspecified atom stereocenters. The maximum atomic E-state index is 10.6. The van der Waals surface area contributed by atoms with Gasteiger partial charge in [0.05, 0.1) is 23.9 Å². The molecule has 0 amide bonds. The average molecular weight is 244 g/mol. The van der Waals surface area contributed by atoms with Crippen LogP contribution < -0.4 is 5.73 Å². The minimum Gasteiger partial charge on any atom is -0.481 e. The van der Waals surface area contributed by atoms with Crippen LogP contribution in [0.15, 0.2) is 36.7 Å². The first-order valence-electron chi connectivity index (χ1n) is 5.38. The highest BCUT2D eigenvalue weighted by molar-refractivity contribution is 5.67. The molecule has 0 aromatic carbocycles. The predicted octanol–water partition coefficient (Wildman–Crippen LogP) is 1.01. The van der Waals surface area contributed by atoms with Crippen molar-refractivity contribution in [2.24, 2.45) is 5.73 Å². The first-order valence-corrected chi connectivity index (χ1v) is 5.38. The van der Waals surface area contributed by atoms with Gasteiger partial charge in [0.15, 0.2) is 0 Å². The zero-order valence-corrected chi connectivity index (χ0v) is 9.52. The Hall–Kier alpha value is -2.34. The van der Waals surface area contributed by atoms with Gasteiger partial charge in [0.1, 0.15) is 5.82 Å². The van der Waals surface area contributed by atoms with Crippen LogP contribution in [0.5, 0.6) is 0 Å². The van der Waals surface area contributed by atoms with Gasteiger partial charge < -0.3 is 10.8 Å². The Morgan fingerprint density at radius 2 is 2.06 bits per heavy atom. The van der Waals surface area contributed by atoms with E-state index < -0.39 is 12.0 Å². The fourth-order valence-electron chi connectivity index (χ4n) is 1.49. The van der Waals surface area contributed by atoms with E-state index in [-0.39, 0.29) is 6.42 Å². The van der Waals surface area contributed by atoms with E-state index in [1.807, 2.05) is 18.2 Å². The van der Waals surface area contributed by atoms with Crippen molar-refractivity contribution in [1.29, 1.82) is 0 Å². The van der Waals surface area contributed by atoms with E-state index in [0.717, 1.165) is 0 Å². The van der Waals surface area contributed by atoms with Gasteiger partial charge >= 0.3 is 5.97 Å². The highest BCUT2D eigenvalue weighted by Gasteiger charge is 2.14. The summed E-state index contributed by atoms with van der Waals surface area (Å²) in [5.41, 5.74) is 7.04. The van der Waals surface area contributed by atoms with E-state index in [2.05, 4.69) is 15.0 Å². The van der Waals surface area contributed by atoms with E-state index >= 15 is 0 Å². The van der Waals surface area contributed by atoms with Gasteiger partial charge in [-0.15, -0.1) is 0 Å². The Kier molecular flexibility index (Phi) is 3.59. The molecule has 0 fully saturated rings. The molecule has 0 radical (unpaired) electrons. The third-order valence-electron chi connectivity index (χ3n) is 2.33. The van der Waals surface area contributed by atoms with E-state index in [4.69, 9.17) is 10.8 Å². The van der Waals surface area contributed by atoms with Crippen molar-refractivity contribution < 1.29 is 9.90 Å². The maximum absolute atomic E-state index is 10.6. The first-order chi connectivity index (χ1) is 8.66. The molecular weight excluding hydrogens is 232 g/mol. The number of hydrogen-bond donors (Lipinski definition) is 2. The van der Waals surface area contributed by atoms with Crippen molar-refractivity contribution in [2.45, 2.75) is 12.5 Å². The largest absolute Gasteiger partial charge is 0.481 e. The molecule has 0 aliphatic heterocycles. The molecule has 2 aromatic heterocycles. The molecule has 0 bridgehead atoms. The molecule has 0 aliphatic rings. The summed E-state index contributed by atoms with van der Waals surface area (Å²) in [5, 5.41) is 8.68. The van der Waals surface area contributed by atoms with Crippen LogP contribution in [0.1, 0.15) is 18.3 Å². The van der Waals surface area contributed by atoms with Crippen molar-refractivity contribution in [2.75, 3.05) is 0 Å². The van der Waals surface area contributed by atoms with Crippen LogP contribution in [0, 0.1) is 0 Å². The SMILES string of the molecule is NC(CC(=O)O)c1nccc(-c2ccccn2)n1. The number of pyridine rings is 1. The van der Waals surface area contributed by atoms with Crippen molar-refractivity contribution in [3.05, 3.63) is 42.5 Å². The molecule has 92 valence electrons. The fraction of sp³-hybridized carbons (Fsp3) is 0.167. The molecule has 1 atom stereocenters. The van der Waals surface area contributed by atoms with E-state index in [9.17, 15) is 4.79 Å². The summed E-state index contributed by atoms with van der Waals surface area (Å²) in [7, 11) is 0. The van der Waals surface area contributed by atoms with Crippen molar-refractivity contribution >= 4 is 5.97 Å². The van der Waals surface area contributed by atoms with Gasteiger partial charge in [-0.2, -0.15) is 0 Å². The lowest BCUT2D eigenvalue weighted by atomic mass is 10.2. The Bertz CT molecular complexity index is 545. The number of aromatic nitrogens is 3. The second-order valence-electron chi connectivity index (χ2n) is 3.72. The summed E-state index contributed by atoms with van der Waals surface area (Å²) in [4.78, 5) is 23.0. The molecular formula is C12H12N4O2. The lowest BCUT2D eigenvalue weighted by Crippen LogP contribution is -2.18. The zero-order valence-electron chi connectivity index (χ0n) is 9.52. The molecule has 0 saturated heterocycles. The molecule has 2 aromatic rings. The number of carboxylic acids is 1. The number of nitrogens with two attached hydrogens (primary N) is 1. The number of carboxylic acid groups (broad SMARTS) is 1. The number of hydrogen-bond acceptors (Lipinski definition) is 5. The monoisotopic (exact) mass is 244 g/mol. The van der Waals surface area contributed by atoms with Crippen LogP contribution in [0.25, 0.3) is 11.4 Å². The smallest absolute Gasteiger partial charge is 0.305 e. The molecule has 2 heterocycles. The summed E-state index contributed by atoms with van der Waals surface area (Å²) in [6.07, 6.45) is 3.01. The van der Waals surface area contributed by atoms with Crippen LogP contribution in [0.2, 0.25) is 0 Å². The Balaban J connectivity index is 2.28. The Morgan fingerprint density at radius 1 is 1.22 bits per heavy atom. The maximum Gasteiger partial charge on any atom is 0.305 e. The summed E-state index contributed by atoms with van der Waals surface area (Å²) in [5.74, 6) is -0.671. The minimum absolute atomic E-state index is 0.203. The zero-order chi connectivity index (χ0) is 13.0. The number of rotatable bonds is 4. The minimum atomic E-state index is -0.977. The summed E-state index contributed by atoms with van der Waals surface area (Å²) >= 11 is 0. The fourth-order valence-corrected chi connectivity index (χ4v) is 1.49. The standard InChI is InChI=1S/C12H12N4O2/c13-8(7-11(17)18)12-15-6-4-10(16-12)9-3-1-2-5-14-9/h1-6,8H,7,13H2,(H,17,18). The molecule has 18 heavy (non-hydrogen) atoms. The lowest BCUT2D eigenvalue weighted by molar-refractivity contribution is -0.137. The van der Waals surface area contributed by atoms with Crippen molar-refractivity contribution in [3.8, 4) is 11.4 Å². The second kappa shape index (κ2) is 5.33. The Labute approximate surface area is 104 Å². The summed E-state index contributed by atoms with van der Waals surface area (Å²) < 4.78 is 0. The van der Waals surface area contributed by atoms with Crippen LogP contribution in [-0.4, -0.2) is 26.0 Å². The Morgan fingerprint density at radius 3 is 2.72 bits per heavy atom. The van der Waals surface area contributed by atoms with Crippen molar-refractivity contribution in [1.82, 2.24) is 15.0 Å². The van der Waals surface area contributed by atoms with Crippen LogP contribution >= 0.6 is 0 Å². The quantitative estimate of drug-likeness (QED) is 0.832. The third-order valence-corrected chi connectivity index (χ3v) is 2.33. The van der Waals surface area contributed by atoms with Gasteiger partial charge in [-0.05, 0) is 18.2 Å². The van der Waals surface area contributed by atoms with E-state index in [1.165, 1.54) is 0 Å². The van der Waals surface area contributed by atoms with Gasteiger partial charge in [0.25, 0.3) is 0 Å². The van der Waals surface area contributed by atoms with Gasteiger partial charge in [-0.25, -0.2) is 9.97 Å². The number of nitrogens with zero attached hydrogens (tertiary/aromatic N) is 3. The number of aliphatic carboxylic acids is 1. The molecule has 0 saturated carbocycles. The van der Waals surface area contributed by atoms with E-state index in [0.29, 0.717) is 17.2 Å². The molecule has 0 spiro atoms. The normalized spacial score (nSPS) is 12.1. The molecule has 0 aliphatic carbocycles. The van der Waals surface area contributed by atoms with Crippen molar-refractivity contribution in [3.63, 3.8) is 0 Å². The van der Waals surface area contributed by atoms with Crippen LogP contribution in [0.3, 0.4) is 0 Å². The summed E-state index contributed by atoms with van der Waals surface area (Å²) in [6, 6.07) is 6.46. The van der Waals surface area contributed by atoms with Crippen LogP contribution in [-0.2, 0) is 4.79 Å². The van der Waals surface area contributed by atoms with Crippen LogP contribution in [0.4, 0.5) is 0 Å². The number of carbonyl (C=O) groups is 1.